The molecule has 0 heterocycles. The Morgan fingerprint density at radius 3 is 2.73 bits per heavy atom. The molecule has 2 nitrogen and oxygen atoms in total. The third-order valence-electron chi connectivity index (χ3n) is 2.31. The molecule has 1 aromatic rings. The molecule has 0 aliphatic heterocycles. The van der Waals surface area contributed by atoms with Crippen molar-refractivity contribution >= 4 is 10.8 Å². The van der Waals surface area contributed by atoms with E-state index in [2.05, 4.69) is 5.32 Å². The predicted octanol–water partition coefficient (Wildman–Crippen LogP) is 1.93. The molecule has 1 N–H and O–H groups in total. The van der Waals surface area contributed by atoms with E-state index in [0.717, 1.165) is 6.42 Å². The molecule has 0 aliphatic carbocycles. The van der Waals surface area contributed by atoms with Crippen LogP contribution < -0.4 is 5.32 Å². The van der Waals surface area contributed by atoms with Crippen molar-refractivity contribution in [3.63, 3.8) is 0 Å². The highest BCUT2D eigenvalue weighted by Gasteiger charge is 2.10. The average Bonchev–Trinajstić information content (AvgIpc) is 2.26. The van der Waals surface area contributed by atoms with Gasteiger partial charge in [0.1, 0.15) is 5.82 Å². The first-order chi connectivity index (χ1) is 7.15. The van der Waals surface area contributed by atoms with Gasteiger partial charge in [0.2, 0.25) is 0 Å². The number of hydrogen-bond acceptors (Lipinski definition) is 2. The van der Waals surface area contributed by atoms with Crippen molar-refractivity contribution in [2.45, 2.75) is 24.3 Å². The first-order valence-electron chi connectivity index (χ1n) is 4.95. The van der Waals surface area contributed by atoms with Gasteiger partial charge in [-0.05, 0) is 32.5 Å². The molecule has 0 bridgehead atoms. The highest BCUT2D eigenvalue weighted by molar-refractivity contribution is 7.85. The molecular formula is C11H16FNOS. The van der Waals surface area contributed by atoms with Crippen molar-refractivity contribution in [1.82, 2.24) is 5.32 Å². The zero-order chi connectivity index (χ0) is 11.3. The Labute approximate surface area is 92.3 Å². The Hall–Kier alpha value is -0.740. The lowest BCUT2D eigenvalue weighted by molar-refractivity contribution is 0.582. The van der Waals surface area contributed by atoms with Crippen LogP contribution in [0, 0.1) is 5.82 Å². The summed E-state index contributed by atoms with van der Waals surface area (Å²) >= 11 is 0. The minimum absolute atomic E-state index is 0.306. The highest BCUT2D eigenvalue weighted by Crippen LogP contribution is 2.12. The maximum Gasteiger partial charge on any atom is 0.139 e. The van der Waals surface area contributed by atoms with Crippen LogP contribution in [-0.4, -0.2) is 23.1 Å². The first-order valence-corrected chi connectivity index (χ1v) is 6.27. The second kappa shape index (κ2) is 5.98. The molecule has 84 valence electrons. The molecule has 0 fully saturated rings. The van der Waals surface area contributed by atoms with Gasteiger partial charge in [0.15, 0.2) is 0 Å². The van der Waals surface area contributed by atoms with Gasteiger partial charge in [-0.2, -0.15) is 0 Å². The van der Waals surface area contributed by atoms with Gasteiger partial charge >= 0.3 is 0 Å². The molecular weight excluding hydrogens is 213 g/mol. The molecule has 0 radical (unpaired) electrons. The van der Waals surface area contributed by atoms with E-state index in [9.17, 15) is 8.60 Å². The monoisotopic (exact) mass is 229 g/mol. The summed E-state index contributed by atoms with van der Waals surface area (Å²) in [7, 11) is 0.626. The molecule has 0 amide bonds. The van der Waals surface area contributed by atoms with Crippen LogP contribution in [0.25, 0.3) is 0 Å². The predicted molar refractivity (Wildman–Crippen MR) is 60.8 cm³/mol. The van der Waals surface area contributed by atoms with Crippen LogP contribution in [0.1, 0.15) is 13.3 Å². The van der Waals surface area contributed by atoms with Crippen LogP contribution in [0.5, 0.6) is 0 Å². The largest absolute Gasteiger partial charge is 0.317 e. The summed E-state index contributed by atoms with van der Waals surface area (Å²) in [5.74, 6) is 0.107. The van der Waals surface area contributed by atoms with Crippen molar-refractivity contribution in [3.05, 3.63) is 30.1 Å². The fourth-order valence-electron chi connectivity index (χ4n) is 1.17. The Bertz CT molecular complexity index is 343. The summed E-state index contributed by atoms with van der Waals surface area (Å²) in [6.45, 7) is 2.01. The van der Waals surface area contributed by atoms with E-state index in [1.54, 1.807) is 18.2 Å². The lowest BCUT2D eigenvalue weighted by Crippen LogP contribution is -2.23. The molecule has 1 aromatic carbocycles. The average molecular weight is 229 g/mol. The van der Waals surface area contributed by atoms with Gasteiger partial charge < -0.3 is 5.32 Å². The Morgan fingerprint density at radius 2 is 2.13 bits per heavy atom. The normalized spacial score (nSPS) is 14.9. The van der Waals surface area contributed by atoms with Crippen LogP contribution >= 0.6 is 0 Å². The van der Waals surface area contributed by atoms with Gasteiger partial charge in [-0.1, -0.05) is 12.1 Å². The van der Waals surface area contributed by atoms with Gasteiger partial charge in [0, 0.05) is 11.8 Å². The van der Waals surface area contributed by atoms with Crippen LogP contribution in [0.15, 0.2) is 29.2 Å². The molecule has 4 heteroatoms. The maximum absolute atomic E-state index is 13.2. The second-order valence-corrected chi connectivity index (χ2v) is 5.00. The van der Waals surface area contributed by atoms with Crippen molar-refractivity contribution in [2.75, 3.05) is 12.8 Å². The fourth-order valence-corrected chi connectivity index (χ4v) is 2.47. The van der Waals surface area contributed by atoms with Gasteiger partial charge in [-0.15, -0.1) is 0 Å². The highest BCUT2D eigenvalue weighted by atomic mass is 32.2. The van der Waals surface area contributed by atoms with Crippen molar-refractivity contribution in [3.8, 4) is 0 Å². The number of nitrogens with one attached hydrogen (secondary N) is 1. The minimum Gasteiger partial charge on any atom is -0.317 e. The summed E-state index contributed by atoms with van der Waals surface area (Å²) in [4.78, 5) is 0.306. The van der Waals surface area contributed by atoms with Crippen LogP contribution in [-0.2, 0) is 10.8 Å². The van der Waals surface area contributed by atoms with Gasteiger partial charge in [0.25, 0.3) is 0 Å². The summed E-state index contributed by atoms with van der Waals surface area (Å²) in [6.07, 6.45) is 0.775. The molecule has 0 spiro atoms. The Morgan fingerprint density at radius 1 is 1.47 bits per heavy atom. The van der Waals surface area contributed by atoms with Crippen LogP contribution in [0.2, 0.25) is 0 Å². The summed E-state index contributed by atoms with van der Waals surface area (Å²) in [5.41, 5.74) is 0. The number of benzene rings is 1. The zero-order valence-electron chi connectivity index (χ0n) is 9.00. The van der Waals surface area contributed by atoms with Gasteiger partial charge in [-0.25, -0.2) is 4.39 Å². The fraction of sp³-hybridized carbons (Fsp3) is 0.455. The molecule has 0 saturated heterocycles. The van der Waals surface area contributed by atoms with Crippen LogP contribution in [0.3, 0.4) is 0 Å². The third-order valence-corrected chi connectivity index (χ3v) is 3.74. The van der Waals surface area contributed by atoms with E-state index >= 15 is 0 Å². The van der Waals surface area contributed by atoms with E-state index in [0.29, 0.717) is 16.7 Å². The van der Waals surface area contributed by atoms with Crippen molar-refractivity contribution in [2.24, 2.45) is 0 Å². The van der Waals surface area contributed by atoms with Gasteiger partial charge in [0.05, 0.1) is 15.7 Å². The lowest BCUT2D eigenvalue weighted by atomic mass is 10.3. The summed E-state index contributed by atoms with van der Waals surface area (Å²) in [6, 6.07) is 6.54. The first kappa shape index (κ1) is 12.3. The zero-order valence-corrected chi connectivity index (χ0v) is 9.81. The third kappa shape index (κ3) is 3.72. The molecule has 2 unspecified atom stereocenters. The number of rotatable bonds is 5. The smallest absolute Gasteiger partial charge is 0.139 e. The number of hydrogen-bond donors (Lipinski definition) is 1. The molecule has 2 atom stereocenters. The van der Waals surface area contributed by atoms with E-state index in [1.165, 1.54) is 6.07 Å². The molecule has 15 heavy (non-hydrogen) atoms. The van der Waals surface area contributed by atoms with E-state index < -0.39 is 10.8 Å². The molecule has 1 rings (SSSR count). The lowest BCUT2D eigenvalue weighted by Gasteiger charge is -2.09. The molecule has 0 aliphatic rings. The Kier molecular flexibility index (Phi) is 4.91. The number of halogens is 1. The topological polar surface area (TPSA) is 29.1 Å². The van der Waals surface area contributed by atoms with E-state index in [-0.39, 0.29) is 5.82 Å². The molecule has 0 saturated carbocycles. The quantitative estimate of drug-likeness (QED) is 0.836. The van der Waals surface area contributed by atoms with Crippen molar-refractivity contribution in [1.29, 1.82) is 0 Å². The summed E-state index contributed by atoms with van der Waals surface area (Å²) < 4.78 is 25.0. The minimum atomic E-state index is -1.23. The van der Waals surface area contributed by atoms with Crippen LogP contribution in [0.4, 0.5) is 4.39 Å². The Balaban J connectivity index is 2.58. The SMILES string of the molecule is CNC(C)CCS(=O)c1ccccc1F. The summed E-state index contributed by atoms with van der Waals surface area (Å²) in [5, 5.41) is 3.06. The standard InChI is InChI=1S/C11H16FNOS/c1-9(13-2)7-8-15(14)11-6-4-3-5-10(11)12/h3-6,9,13H,7-8H2,1-2H3. The van der Waals surface area contributed by atoms with Gasteiger partial charge in [-0.3, -0.25) is 4.21 Å². The van der Waals surface area contributed by atoms with E-state index in [4.69, 9.17) is 0 Å². The van der Waals surface area contributed by atoms with Crippen molar-refractivity contribution < 1.29 is 8.60 Å². The maximum atomic E-state index is 13.2. The van der Waals surface area contributed by atoms with E-state index in [1.807, 2.05) is 14.0 Å². The second-order valence-electron chi connectivity index (χ2n) is 3.46. The molecule has 0 aromatic heterocycles.